The van der Waals surface area contributed by atoms with Gasteiger partial charge in [-0.05, 0) is 46.7 Å². The van der Waals surface area contributed by atoms with E-state index in [2.05, 4.69) is 42.5 Å². The van der Waals surface area contributed by atoms with Gasteiger partial charge in [-0.15, -0.1) is 0 Å². The summed E-state index contributed by atoms with van der Waals surface area (Å²) in [5, 5.41) is 1.80. The molecule has 0 N–H and O–H groups in total. The molecule has 7 rings (SSSR count). The maximum atomic E-state index is 14.4. The largest absolute Gasteiger partial charge is 0.472 e. The van der Waals surface area contributed by atoms with Gasteiger partial charge < -0.3 is 4.74 Å². The van der Waals surface area contributed by atoms with Crippen LogP contribution in [0.3, 0.4) is 0 Å². The summed E-state index contributed by atoms with van der Waals surface area (Å²) in [6.45, 7) is 5.81. The zero-order valence-electron chi connectivity index (χ0n) is 22.4. The summed E-state index contributed by atoms with van der Waals surface area (Å²) in [5.41, 5.74) is 4.16. The van der Waals surface area contributed by atoms with Crippen molar-refractivity contribution in [3.05, 3.63) is 142 Å². The van der Waals surface area contributed by atoms with Crippen molar-refractivity contribution in [3.8, 4) is 16.9 Å². The number of aryl methyl sites for hydroxylation is 1. The summed E-state index contributed by atoms with van der Waals surface area (Å²) in [7, 11) is 0. The van der Waals surface area contributed by atoms with Crippen molar-refractivity contribution in [2.24, 2.45) is 0 Å². The molecule has 0 radical (unpaired) electrons. The van der Waals surface area contributed by atoms with Crippen molar-refractivity contribution < 1.29 is 17.9 Å². The molecule has 0 bridgehead atoms. The molecule has 0 saturated heterocycles. The second-order valence-corrected chi connectivity index (χ2v) is 11.3. The Labute approximate surface area is 231 Å². The number of halogens is 3. The van der Waals surface area contributed by atoms with E-state index in [9.17, 15) is 13.2 Å². The summed E-state index contributed by atoms with van der Waals surface area (Å²) >= 11 is 0. The molecule has 0 fully saturated rings. The number of benzene rings is 5. The van der Waals surface area contributed by atoms with E-state index in [-0.39, 0.29) is 0 Å². The van der Waals surface area contributed by atoms with E-state index in [1.165, 1.54) is 12.1 Å². The fraction of sp³-hybridized carbons (Fsp3) is 0.167. The van der Waals surface area contributed by atoms with Crippen LogP contribution in [0.5, 0.6) is 5.75 Å². The highest BCUT2D eigenvalue weighted by Crippen LogP contribution is 2.60. The van der Waals surface area contributed by atoms with Crippen LogP contribution in [0.15, 0.2) is 103 Å². The molecule has 40 heavy (non-hydrogen) atoms. The lowest BCUT2D eigenvalue weighted by Crippen LogP contribution is -2.35. The molecular weight excluding hydrogens is 505 g/mol. The maximum Gasteiger partial charge on any atom is 0.416 e. The summed E-state index contributed by atoms with van der Waals surface area (Å²) < 4.78 is 50.2. The Balaban J connectivity index is 1.59. The molecule has 0 saturated carbocycles. The number of alkyl halides is 3. The molecule has 0 amide bonds. The van der Waals surface area contributed by atoms with Crippen molar-refractivity contribution in [3.63, 3.8) is 0 Å². The lowest BCUT2D eigenvalue weighted by Gasteiger charge is -2.38. The first-order chi connectivity index (χ1) is 19.1. The van der Waals surface area contributed by atoms with E-state index in [0.29, 0.717) is 16.9 Å². The van der Waals surface area contributed by atoms with Crippen LogP contribution in [-0.4, -0.2) is 0 Å². The van der Waals surface area contributed by atoms with Crippen LogP contribution in [0.4, 0.5) is 13.2 Å². The summed E-state index contributed by atoms with van der Waals surface area (Å²) in [6.07, 6.45) is -0.333. The Morgan fingerprint density at radius 2 is 1.35 bits per heavy atom. The van der Waals surface area contributed by atoms with Crippen molar-refractivity contribution >= 4 is 16.8 Å². The highest BCUT2D eigenvalue weighted by atomic mass is 19.4. The minimum atomic E-state index is -4.46. The predicted octanol–water partition coefficient (Wildman–Crippen LogP) is 9.82. The zero-order chi connectivity index (χ0) is 27.9. The molecule has 0 atom stereocenters. The van der Waals surface area contributed by atoms with Crippen molar-refractivity contribution in [2.45, 2.75) is 38.0 Å². The molecule has 4 heteroatoms. The second-order valence-electron chi connectivity index (χ2n) is 11.3. The first-order valence-electron chi connectivity index (χ1n) is 13.4. The number of rotatable bonds is 2. The molecule has 5 aromatic rings. The highest BCUT2D eigenvalue weighted by molar-refractivity contribution is 6.09. The van der Waals surface area contributed by atoms with Crippen molar-refractivity contribution in [2.75, 3.05) is 0 Å². The number of hydrogen-bond donors (Lipinski definition) is 0. The maximum absolute atomic E-state index is 14.4. The standard InChI is InChI=1S/C36H27F3O/c1-22-17-18-25-28(21-22)30-26-15-10-16-29(36(37,38)39)31(26)34(2,3)32(30)27-19-20-35(40-33(25)27,23-11-6-4-7-12-23)24-13-8-5-9-14-24/h4-21H,1-3H3. The van der Waals surface area contributed by atoms with Crippen LogP contribution in [0.2, 0.25) is 0 Å². The van der Waals surface area contributed by atoms with Crippen LogP contribution in [0.25, 0.3) is 28.0 Å². The predicted molar refractivity (Wildman–Crippen MR) is 155 cm³/mol. The second kappa shape index (κ2) is 8.34. The molecule has 2 aliphatic rings. The van der Waals surface area contributed by atoms with Gasteiger partial charge in [0.15, 0.2) is 5.60 Å². The molecule has 1 nitrogen and oxygen atoms in total. The van der Waals surface area contributed by atoms with Gasteiger partial charge in [-0.25, -0.2) is 0 Å². The molecule has 198 valence electrons. The third-order valence-corrected chi connectivity index (χ3v) is 8.50. The molecule has 0 unspecified atom stereocenters. The Hall–Kier alpha value is -4.31. The van der Waals surface area contributed by atoms with Crippen molar-refractivity contribution in [1.82, 2.24) is 0 Å². The summed E-state index contributed by atoms with van der Waals surface area (Å²) in [6, 6.07) is 30.9. The first-order valence-corrected chi connectivity index (χ1v) is 13.4. The highest BCUT2D eigenvalue weighted by Gasteiger charge is 2.48. The number of fused-ring (bicyclic) bond motifs is 8. The Bertz CT molecular complexity index is 1790. The van der Waals surface area contributed by atoms with Crippen molar-refractivity contribution in [1.29, 1.82) is 0 Å². The monoisotopic (exact) mass is 532 g/mol. The fourth-order valence-corrected chi connectivity index (χ4v) is 6.83. The third-order valence-electron chi connectivity index (χ3n) is 8.50. The van der Waals surface area contributed by atoms with E-state index >= 15 is 0 Å². The summed E-state index contributed by atoms with van der Waals surface area (Å²) in [5.74, 6) is 0.693. The molecule has 0 spiro atoms. The van der Waals surface area contributed by atoms with Crippen LogP contribution in [-0.2, 0) is 17.2 Å². The van der Waals surface area contributed by atoms with Crippen LogP contribution < -0.4 is 4.74 Å². The molecule has 1 heterocycles. The smallest absolute Gasteiger partial charge is 0.416 e. The van der Waals surface area contributed by atoms with E-state index in [1.807, 2.05) is 75.4 Å². The van der Waals surface area contributed by atoms with Crippen LogP contribution in [0, 0.1) is 6.92 Å². The van der Waals surface area contributed by atoms with Gasteiger partial charge in [0, 0.05) is 27.5 Å². The first kappa shape index (κ1) is 24.7. The van der Waals surface area contributed by atoms with E-state index in [4.69, 9.17) is 4.74 Å². The topological polar surface area (TPSA) is 9.23 Å². The quantitative estimate of drug-likeness (QED) is 0.220. The Kier molecular flexibility index (Phi) is 5.16. The zero-order valence-corrected chi connectivity index (χ0v) is 22.4. The lowest BCUT2D eigenvalue weighted by atomic mass is 9.75. The number of ether oxygens (including phenoxy) is 1. The van der Waals surface area contributed by atoms with Crippen LogP contribution in [0.1, 0.15) is 52.8 Å². The SMILES string of the molecule is Cc1ccc2c3c(c4c(c2c1)-c1cccc(C(F)(F)F)c1C4(C)C)C=CC(c1ccccc1)(c1ccccc1)O3. The minimum absolute atomic E-state index is 0.324. The van der Waals surface area contributed by atoms with Gasteiger partial charge in [0.2, 0.25) is 0 Å². The van der Waals surface area contributed by atoms with Crippen LogP contribution >= 0.6 is 0 Å². The van der Waals surface area contributed by atoms with E-state index < -0.39 is 22.8 Å². The molecule has 1 aliphatic heterocycles. The Morgan fingerprint density at radius 1 is 0.700 bits per heavy atom. The summed E-state index contributed by atoms with van der Waals surface area (Å²) in [4.78, 5) is 0. The Morgan fingerprint density at radius 3 is 1.98 bits per heavy atom. The molecule has 1 aliphatic carbocycles. The van der Waals surface area contributed by atoms with Gasteiger partial charge in [0.25, 0.3) is 0 Å². The lowest BCUT2D eigenvalue weighted by molar-refractivity contribution is -0.138. The van der Waals surface area contributed by atoms with Gasteiger partial charge in [-0.2, -0.15) is 13.2 Å². The molecule has 0 aromatic heterocycles. The molecule has 5 aromatic carbocycles. The van der Waals surface area contributed by atoms with E-state index in [0.717, 1.165) is 44.2 Å². The van der Waals surface area contributed by atoms with Gasteiger partial charge in [0.05, 0.1) is 5.56 Å². The average molecular weight is 533 g/mol. The average Bonchev–Trinajstić information content (AvgIpc) is 3.20. The van der Waals surface area contributed by atoms with Gasteiger partial charge in [-0.1, -0.05) is 116 Å². The van der Waals surface area contributed by atoms with Gasteiger partial charge >= 0.3 is 6.18 Å². The molecular formula is C36H27F3O. The van der Waals surface area contributed by atoms with Gasteiger partial charge in [0.1, 0.15) is 5.75 Å². The van der Waals surface area contributed by atoms with Gasteiger partial charge in [-0.3, -0.25) is 0 Å². The fourth-order valence-electron chi connectivity index (χ4n) is 6.83. The third kappa shape index (κ3) is 3.35. The minimum Gasteiger partial charge on any atom is -0.472 e. The number of hydrogen-bond acceptors (Lipinski definition) is 1. The normalized spacial score (nSPS) is 16.2. The van der Waals surface area contributed by atoms with E-state index in [1.54, 1.807) is 0 Å².